The molecule has 20 heavy (non-hydrogen) atoms. The van der Waals surface area contributed by atoms with Crippen LogP contribution in [0.3, 0.4) is 0 Å². The molecule has 0 aliphatic heterocycles. The van der Waals surface area contributed by atoms with E-state index in [0.717, 1.165) is 10.2 Å². The van der Waals surface area contributed by atoms with E-state index in [4.69, 9.17) is 16.9 Å². The average Bonchev–Trinajstić information content (AvgIpc) is 2.43. The van der Waals surface area contributed by atoms with Crippen molar-refractivity contribution < 1.29 is 4.79 Å². The first-order chi connectivity index (χ1) is 9.51. The molecule has 108 valence electrons. The van der Waals surface area contributed by atoms with E-state index in [1.165, 1.54) is 0 Å². The molecule has 1 amide bonds. The molecule has 0 bridgehead atoms. The molecule has 0 aliphatic carbocycles. The third kappa shape index (κ3) is 4.69. The van der Waals surface area contributed by atoms with Gasteiger partial charge in [-0.25, -0.2) is 0 Å². The summed E-state index contributed by atoms with van der Waals surface area (Å²) in [6, 6.07) is 6.85. The molecular formula is C14H17BrClN3O. The van der Waals surface area contributed by atoms with Crippen LogP contribution in [-0.2, 0) is 4.79 Å². The highest BCUT2D eigenvalue weighted by Crippen LogP contribution is 2.26. The van der Waals surface area contributed by atoms with Gasteiger partial charge in [0.2, 0.25) is 5.91 Å². The smallest absolute Gasteiger partial charge is 0.225 e. The SMILES string of the molecule is CCN(CC)C(=O)CC(C#N)Nc1ccc(Cl)c(Br)c1. The Hall–Kier alpha value is -1.25. The summed E-state index contributed by atoms with van der Waals surface area (Å²) in [5.74, 6) is -0.0259. The summed E-state index contributed by atoms with van der Waals surface area (Å²) >= 11 is 9.24. The normalized spacial score (nSPS) is 11.6. The monoisotopic (exact) mass is 357 g/mol. The van der Waals surface area contributed by atoms with E-state index < -0.39 is 6.04 Å². The van der Waals surface area contributed by atoms with Gasteiger partial charge in [0.15, 0.2) is 0 Å². The van der Waals surface area contributed by atoms with Gasteiger partial charge in [-0.3, -0.25) is 4.79 Å². The van der Waals surface area contributed by atoms with Crippen LogP contribution in [0.5, 0.6) is 0 Å². The Morgan fingerprint density at radius 3 is 2.65 bits per heavy atom. The van der Waals surface area contributed by atoms with Crippen LogP contribution in [0, 0.1) is 11.3 Å². The van der Waals surface area contributed by atoms with Crippen molar-refractivity contribution in [2.45, 2.75) is 26.3 Å². The van der Waals surface area contributed by atoms with Crippen LogP contribution < -0.4 is 5.32 Å². The van der Waals surface area contributed by atoms with Crippen LogP contribution in [-0.4, -0.2) is 29.9 Å². The molecule has 0 saturated carbocycles. The Balaban J connectivity index is 2.70. The van der Waals surface area contributed by atoms with E-state index in [0.29, 0.717) is 18.1 Å². The highest BCUT2D eigenvalue weighted by Gasteiger charge is 2.17. The number of carbonyl (C=O) groups excluding carboxylic acids is 1. The minimum absolute atomic E-state index is 0.0259. The topological polar surface area (TPSA) is 56.1 Å². The lowest BCUT2D eigenvalue weighted by molar-refractivity contribution is -0.130. The fraction of sp³-hybridized carbons (Fsp3) is 0.429. The van der Waals surface area contributed by atoms with E-state index in [1.807, 2.05) is 13.8 Å². The van der Waals surface area contributed by atoms with Gasteiger partial charge in [0.25, 0.3) is 0 Å². The first kappa shape index (κ1) is 16.8. The number of nitrogens with zero attached hydrogens (tertiary/aromatic N) is 2. The van der Waals surface area contributed by atoms with Gasteiger partial charge in [-0.2, -0.15) is 5.26 Å². The van der Waals surface area contributed by atoms with Gasteiger partial charge >= 0.3 is 0 Å². The zero-order valence-corrected chi connectivity index (χ0v) is 13.8. The Kier molecular flexibility index (Phi) is 6.83. The maximum atomic E-state index is 12.0. The largest absolute Gasteiger partial charge is 0.369 e. The second kappa shape index (κ2) is 8.13. The quantitative estimate of drug-likeness (QED) is 0.844. The molecule has 0 radical (unpaired) electrons. The maximum Gasteiger partial charge on any atom is 0.225 e. The molecule has 6 heteroatoms. The second-order valence-corrected chi connectivity index (χ2v) is 5.49. The van der Waals surface area contributed by atoms with Crippen LogP contribution in [0.4, 0.5) is 5.69 Å². The summed E-state index contributed by atoms with van der Waals surface area (Å²) in [5, 5.41) is 12.8. The molecule has 1 atom stereocenters. The van der Waals surface area contributed by atoms with Crippen LogP contribution in [0.25, 0.3) is 0 Å². The van der Waals surface area contributed by atoms with E-state index in [9.17, 15) is 4.79 Å². The number of amides is 1. The molecule has 0 aromatic heterocycles. The lowest BCUT2D eigenvalue weighted by atomic mass is 10.2. The summed E-state index contributed by atoms with van der Waals surface area (Å²) in [6.45, 7) is 5.15. The van der Waals surface area contributed by atoms with Crippen LogP contribution >= 0.6 is 27.5 Å². The average molecular weight is 359 g/mol. The molecule has 0 heterocycles. The molecule has 0 saturated heterocycles. The zero-order valence-electron chi connectivity index (χ0n) is 11.5. The molecule has 1 aromatic carbocycles. The summed E-state index contributed by atoms with van der Waals surface area (Å²) in [6.07, 6.45) is 0.151. The molecular weight excluding hydrogens is 342 g/mol. The van der Waals surface area contributed by atoms with E-state index in [1.54, 1.807) is 23.1 Å². The number of anilines is 1. The molecule has 1 unspecified atom stereocenters. The number of halogens is 2. The number of hydrogen-bond acceptors (Lipinski definition) is 3. The van der Waals surface area contributed by atoms with Gasteiger partial charge in [0, 0.05) is 23.2 Å². The summed E-state index contributed by atoms with van der Waals surface area (Å²) in [7, 11) is 0. The summed E-state index contributed by atoms with van der Waals surface area (Å²) < 4.78 is 0.746. The minimum atomic E-state index is -0.559. The van der Waals surface area contributed by atoms with Crippen molar-refractivity contribution in [1.82, 2.24) is 4.90 Å². The minimum Gasteiger partial charge on any atom is -0.369 e. The number of rotatable bonds is 6. The van der Waals surface area contributed by atoms with E-state index >= 15 is 0 Å². The summed E-state index contributed by atoms with van der Waals surface area (Å²) in [4.78, 5) is 13.7. The van der Waals surface area contributed by atoms with Crippen LogP contribution in [0.1, 0.15) is 20.3 Å². The third-order valence-electron chi connectivity index (χ3n) is 2.91. The van der Waals surface area contributed by atoms with Gasteiger partial charge in [0.05, 0.1) is 17.5 Å². The Bertz CT molecular complexity index is 512. The van der Waals surface area contributed by atoms with Gasteiger partial charge in [-0.05, 0) is 48.0 Å². The van der Waals surface area contributed by atoms with Crippen molar-refractivity contribution >= 4 is 39.1 Å². The summed E-state index contributed by atoms with van der Waals surface area (Å²) in [5.41, 5.74) is 0.750. The number of carbonyl (C=O) groups is 1. The van der Waals surface area contributed by atoms with Gasteiger partial charge in [0.1, 0.15) is 6.04 Å². The number of benzene rings is 1. The standard InChI is InChI=1S/C14H17BrClN3O/c1-3-19(4-2)14(20)8-11(9-17)18-10-5-6-13(16)12(15)7-10/h5-7,11,18H,3-4,8H2,1-2H3. The molecule has 0 spiro atoms. The molecule has 1 N–H and O–H groups in total. The fourth-order valence-electron chi connectivity index (χ4n) is 1.80. The van der Waals surface area contributed by atoms with Crippen LogP contribution in [0.15, 0.2) is 22.7 Å². The maximum absolute atomic E-state index is 12.0. The Morgan fingerprint density at radius 1 is 1.50 bits per heavy atom. The lowest BCUT2D eigenvalue weighted by Crippen LogP contribution is -2.34. The third-order valence-corrected chi connectivity index (χ3v) is 4.13. The molecule has 1 rings (SSSR count). The van der Waals surface area contributed by atoms with Crippen molar-refractivity contribution in [2.24, 2.45) is 0 Å². The zero-order chi connectivity index (χ0) is 15.1. The first-order valence-electron chi connectivity index (χ1n) is 6.40. The lowest BCUT2D eigenvalue weighted by Gasteiger charge is -2.21. The highest BCUT2D eigenvalue weighted by atomic mass is 79.9. The fourth-order valence-corrected chi connectivity index (χ4v) is 2.29. The number of nitrogens with one attached hydrogen (secondary N) is 1. The van der Waals surface area contributed by atoms with Crippen molar-refractivity contribution in [3.05, 3.63) is 27.7 Å². The van der Waals surface area contributed by atoms with Crippen molar-refractivity contribution in [3.63, 3.8) is 0 Å². The predicted molar refractivity (Wildman–Crippen MR) is 84.7 cm³/mol. The van der Waals surface area contributed by atoms with Crippen molar-refractivity contribution in [1.29, 1.82) is 5.26 Å². The number of hydrogen-bond donors (Lipinski definition) is 1. The van der Waals surface area contributed by atoms with Crippen LogP contribution in [0.2, 0.25) is 5.02 Å². The van der Waals surface area contributed by atoms with E-state index in [2.05, 4.69) is 27.3 Å². The first-order valence-corrected chi connectivity index (χ1v) is 7.57. The number of nitriles is 1. The second-order valence-electron chi connectivity index (χ2n) is 4.23. The van der Waals surface area contributed by atoms with Gasteiger partial charge in [-0.15, -0.1) is 0 Å². The molecule has 0 fully saturated rings. The predicted octanol–water partition coefficient (Wildman–Crippen LogP) is 3.67. The Morgan fingerprint density at radius 2 is 2.15 bits per heavy atom. The van der Waals surface area contributed by atoms with E-state index in [-0.39, 0.29) is 12.3 Å². The molecule has 1 aromatic rings. The van der Waals surface area contributed by atoms with Crippen molar-refractivity contribution in [2.75, 3.05) is 18.4 Å². The van der Waals surface area contributed by atoms with Crippen molar-refractivity contribution in [3.8, 4) is 6.07 Å². The highest BCUT2D eigenvalue weighted by molar-refractivity contribution is 9.10. The molecule has 4 nitrogen and oxygen atoms in total. The Labute approximate surface area is 132 Å². The van der Waals surface area contributed by atoms with Gasteiger partial charge in [-0.1, -0.05) is 11.6 Å². The van der Waals surface area contributed by atoms with Gasteiger partial charge < -0.3 is 10.2 Å². The molecule has 0 aliphatic rings.